The largest absolute Gasteiger partial charge is 0.279 e. The number of halogens is 1. The number of anilines is 1. The van der Waals surface area contributed by atoms with Crippen LogP contribution in [0.4, 0.5) is 5.82 Å². The van der Waals surface area contributed by atoms with Crippen LogP contribution >= 0.6 is 11.6 Å². The summed E-state index contributed by atoms with van der Waals surface area (Å²) in [6, 6.07) is 10.0. The Morgan fingerprint density at radius 2 is 1.95 bits per heavy atom. The van der Waals surface area contributed by atoms with Crippen molar-refractivity contribution in [1.29, 1.82) is 0 Å². The number of hydrogen-bond acceptors (Lipinski definition) is 4. The van der Waals surface area contributed by atoms with Crippen molar-refractivity contribution in [3.63, 3.8) is 0 Å². The van der Waals surface area contributed by atoms with Gasteiger partial charge in [0.25, 0.3) is 0 Å². The predicted octanol–water partition coefficient (Wildman–Crippen LogP) is 2.38. The van der Waals surface area contributed by atoms with E-state index in [0.29, 0.717) is 11.7 Å². The summed E-state index contributed by atoms with van der Waals surface area (Å²) in [4.78, 5) is 19.9. The van der Waals surface area contributed by atoms with E-state index in [0.717, 1.165) is 6.42 Å². The molecule has 1 aromatic carbocycles. The number of nitrogens with zero attached hydrogens (tertiary/aromatic N) is 2. The van der Waals surface area contributed by atoms with Gasteiger partial charge in [0.1, 0.15) is 0 Å². The van der Waals surface area contributed by atoms with Gasteiger partial charge in [-0.05, 0) is 17.9 Å². The van der Waals surface area contributed by atoms with Gasteiger partial charge in [0.05, 0.1) is 0 Å². The highest BCUT2D eigenvalue weighted by molar-refractivity contribution is 6.31. The first-order valence-corrected chi connectivity index (χ1v) is 6.71. The van der Waals surface area contributed by atoms with E-state index in [1.54, 1.807) is 0 Å². The Morgan fingerprint density at radius 1 is 1.20 bits per heavy atom. The van der Waals surface area contributed by atoms with E-state index in [4.69, 9.17) is 11.6 Å². The molecule has 0 aliphatic heterocycles. The van der Waals surface area contributed by atoms with Crippen molar-refractivity contribution in [3.8, 4) is 0 Å². The molecule has 0 saturated heterocycles. The Hall–Kier alpha value is -2.14. The Morgan fingerprint density at radius 3 is 2.70 bits per heavy atom. The summed E-state index contributed by atoms with van der Waals surface area (Å²) >= 11 is 5.84. The van der Waals surface area contributed by atoms with E-state index in [-0.39, 0.29) is 17.0 Å². The summed E-state index contributed by atoms with van der Waals surface area (Å²) < 4.78 is 0. The molecule has 5 nitrogen and oxygen atoms in total. The zero-order valence-corrected chi connectivity index (χ0v) is 11.3. The maximum absolute atomic E-state index is 12.0. The fourth-order valence-electron chi connectivity index (χ4n) is 2.17. The number of aromatic nitrogens is 2. The minimum absolute atomic E-state index is 0.000321. The normalized spacial score (nSPS) is 20.2. The van der Waals surface area contributed by atoms with Crippen LogP contribution in [0.3, 0.4) is 0 Å². The number of benzene rings is 1. The van der Waals surface area contributed by atoms with Gasteiger partial charge in [-0.15, -0.1) is 0 Å². The average molecular weight is 289 g/mol. The van der Waals surface area contributed by atoms with Gasteiger partial charge < -0.3 is 0 Å². The van der Waals surface area contributed by atoms with E-state index in [1.165, 1.54) is 18.0 Å². The lowest BCUT2D eigenvalue weighted by molar-refractivity contribution is -0.121. The number of amides is 1. The summed E-state index contributed by atoms with van der Waals surface area (Å²) in [5, 5.41) is 0.225. The number of rotatable bonds is 4. The fourth-order valence-corrected chi connectivity index (χ4v) is 2.32. The van der Waals surface area contributed by atoms with Crippen LogP contribution in [0, 0.1) is 5.92 Å². The molecule has 2 atom stereocenters. The molecule has 1 heterocycles. The third kappa shape index (κ3) is 2.72. The Bertz CT molecular complexity index is 620. The number of hydrazine groups is 1. The molecular weight excluding hydrogens is 276 g/mol. The molecule has 20 heavy (non-hydrogen) atoms. The molecule has 2 aromatic rings. The third-order valence-corrected chi connectivity index (χ3v) is 3.59. The van der Waals surface area contributed by atoms with Crippen molar-refractivity contribution >= 4 is 23.3 Å². The summed E-state index contributed by atoms with van der Waals surface area (Å²) in [6.07, 6.45) is 3.86. The molecule has 0 bridgehead atoms. The Labute approximate surface area is 121 Å². The molecule has 1 aliphatic rings. The Balaban J connectivity index is 1.56. The molecular formula is C14H13ClN4O. The average Bonchev–Trinajstić information content (AvgIpc) is 3.28. The zero-order chi connectivity index (χ0) is 13.9. The number of carbonyl (C=O) groups is 1. The first-order chi connectivity index (χ1) is 9.75. The molecule has 1 saturated carbocycles. The van der Waals surface area contributed by atoms with Gasteiger partial charge >= 0.3 is 0 Å². The van der Waals surface area contributed by atoms with Gasteiger partial charge in [0.15, 0.2) is 11.0 Å². The highest BCUT2D eigenvalue weighted by atomic mass is 35.5. The lowest BCUT2D eigenvalue weighted by Crippen LogP contribution is -2.31. The molecule has 102 valence electrons. The molecule has 1 fully saturated rings. The second-order valence-electron chi connectivity index (χ2n) is 4.67. The van der Waals surface area contributed by atoms with E-state index in [2.05, 4.69) is 20.8 Å². The highest BCUT2D eigenvalue weighted by Crippen LogP contribution is 2.47. The number of carbonyl (C=O) groups excluding carboxylic acids is 1. The van der Waals surface area contributed by atoms with Gasteiger partial charge in [0.2, 0.25) is 5.91 Å². The first kappa shape index (κ1) is 12.9. The van der Waals surface area contributed by atoms with Crippen molar-refractivity contribution in [2.75, 3.05) is 5.43 Å². The minimum atomic E-state index is -0.0550. The van der Waals surface area contributed by atoms with Crippen molar-refractivity contribution in [1.82, 2.24) is 15.4 Å². The van der Waals surface area contributed by atoms with Gasteiger partial charge in [-0.2, -0.15) is 0 Å². The van der Waals surface area contributed by atoms with Crippen LogP contribution in [0.2, 0.25) is 5.15 Å². The van der Waals surface area contributed by atoms with Crippen LogP contribution < -0.4 is 10.9 Å². The van der Waals surface area contributed by atoms with Gasteiger partial charge in [-0.3, -0.25) is 15.6 Å². The van der Waals surface area contributed by atoms with Crippen LogP contribution in [0.15, 0.2) is 42.7 Å². The van der Waals surface area contributed by atoms with Crippen LogP contribution in [0.1, 0.15) is 17.9 Å². The van der Waals surface area contributed by atoms with Crippen molar-refractivity contribution < 1.29 is 4.79 Å². The minimum Gasteiger partial charge on any atom is -0.279 e. The van der Waals surface area contributed by atoms with Gasteiger partial charge in [-0.1, -0.05) is 41.9 Å². The lowest BCUT2D eigenvalue weighted by Gasteiger charge is -2.08. The maximum Gasteiger partial charge on any atom is 0.242 e. The topological polar surface area (TPSA) is 66.9 Å². The molecule has 1 aromatic heterocycles. The standard InChI is InChI=1S/C14H13ClN4O/c15-12-13(17-7-6-16-12)18-19-14(20)11-8-10(11)9-4-2-1-3-5-9/h1-7,10-11H,8H2,(H,17,18)(H,19,20)/t10-,11-/m0/s1. The van der Waals surface area contributed by atoms with E-state index in [1.807, 2.05) is 30.3 Å². The van der Waals surface area contributed by atoms with E-state index in [9.17, 15) is 4.79 Å². The van der Waals surface area contributed by atoms with Crippen molar-refractivity contribution in [2.45, 2.75) is 12.3 Å². The van der Waals surface area contributed by atoms with Crippen LogP contribution in [-0.2, 0) is 4.79 Å². The number of hydrogen-bond donors (Lipinski definition) is 2. The second kappa shape index (κ2) is 5.46. The molecule has 2 N–H and O–H groups in total. The molecule has 0 unspecified atom stereocenters. The maximum atomic E-state index is 12.0. The van der Waals surface area contributed by atoms with Crippen molar-refractivity contribution in [3.05, 3.63) is 53.4 Å². The summed E-state index contributed by atoms with van der Waals surface area (Å²) in [6.45, 7) is 0. The molecule has 1 amide bonds. The first-order valence-electron chi connectivity index (χ1n) is 6.33. The van der Waals surface area contributed by atoms with Crippen LogP contribution in [0.5, 0.6) is 0 Å². The summed E-state index contributed by atoms with van der Waals surface area (Å²) in [5.41, 5.74) is 6.53. The smallest absolute Gasteiger partial charge is 0.242 e. The molecule has 0 spiro atoms. The SMILES string of the molecule is O=C(NNc1nccnc1Cl)[C@H]1C[C@H]1c1ccccc1. The van der Waals surface area contributed by atoms with E-state index >= 15 is 0 Å². The third-order valence-electron chi connectivity index (χ3n) is 3.31. The van der Waals surface area contributed by atoms with Crippen molar-refractivity contribution in [2.24, 2.45) is 5.92 Å². The van der Waals surface area contributed by atoms with Crippen LogP contribution in [-0.4, -0.2) is 15.9 Å². The highest BCUT2D eigenvalue weighted by Gasteiger charge is 2.43. The molecule has 3 rings (SSSR count). The van der Waals surface area contributed by atoms with Gasteiger partial charge in [0, 0.05) is 18.3 Å². The predicted molar refractivity (Wildman–Crippen MR) is 76.1 cm³/mol. The molecule has 1 aliphatic carbocycles. The van der Waals surface area contributed by atoms with Crippen LogP contribution in [0.25, 0.3) is 0 Å². The second-order valence-corrected chi connectivity index (χ2v) is 5.03. The lowest BCUT2D eigenvalue weighted by atomic mass is 10.1. The summed E-state index contributed by atoms with van der Waals surface area (Å²) in [7, 11) is 0. The summed E-state index contributed by atoms with van der Waals surface area (Å²) in [5.74, 6) is 0.593. The fraction of sp³-hybridized carbons (Fsp3) is 0.214. The van der Waals surface area contributed by atoms with E-state index < -0.39 is 0 Å². The Kier molecular flexibility index (Phi) is 3.52. The van der Waals surface area contributed by atoms with Gasteiger partial charge in [-0.25, -0.2) is 9.97 Å². The quantitative estimate of drug-likeness (QED) is 0.848. The zero-order valence-electron chi connectivity index (χ0n) is 10.6. The molecule has 6 heteroatoms. The monoisotopic (exact) mass is 288 g/mol. The number of nitrogens with one attached hydrogen (secondary N) is 2. The molecule has 0 radical (unpaired) electrons.